The third kappa shape index (κ3) is 2.38. The average molecular weight is 309 g/mol. The first-order valence-electron chi connectivity index (χ1n) is 4.84. The third-order valence-electron chi connectivity index (χ3n) is 2.53. The first kappa shape index (κ1) is 11.9. The monoisotopic (exact) mass is 308 g/mol. The molecule has 0 N–H and O–H groups in total. The van der Waals surface area contributed by atoms with Gasteiger partial charge < -0.3 is 4.74 Å². The second kappa shape index (κ2) is 4.33. The van der Waals surface area contributed by atoms with E-state index in [1.807, 2.05) is 0 Å². The molecule has 6 heteroatoms. The van der Waals surface area contributed by atoms with E-state index in [-0.39, 0.29) is 6.42 Å². The molecule has 0 radical (unpaired) electrons. The summed E-state index contributed by atoms with van der Waals surface area (Å²) in [5.74, 6) is 0.443. The molecular formula is C10H10BrFO3S. The van der Waals surface area contributed by atoms with Crippen LogP contribution in [0.1, 0.15) is 23.7 Å². The largest absolute Gasteiger partial charge is 0.493 e. The summed E-state index contributed by atoms with van der Waals surface area (Å²) in [5, 5.41) is -1.10. The van der Waals surface area contributed by atoms with E-state index < -0.39 is 15.5 Å². The fourth-order valence-electron chi connectivity index (χ4n) is 1.80. The molecule has 1 aliphatic heterocycles. The van der Waals surface area contributed by atoms with Crippen molar-refractivity contribution in [3.05, 3.63) is 28.2 Å². The number of fused-ring (bicyclic) bond motifs is 1. The van der Waals surface area contributed by atoms with E-state index in [1.54, 1.807) is 18.2 Å². The lowest BCUT2D eigenvalue weighted by Crippen LogP contribution is -2.07. The number of hydrogen-bond donors (Lipinski definition) is 0. The topological polar surface area (TPSA) is 43.4 Å². The van der Waals surface area contributed by atoms with Crippen LogP contribution in [0.4, 0.5) is 3.89 Å². The van der Waals surface area contributed by atoms with Gasteiger partial charge in [-0.15, -0.1) is 3.89 Å². The first-order valence-corrected chi connectivity index (χ1v) is 7.08. The summed E-state index contributed by atoms with van der Waals surface area (Å²) in [4.78, 5) is 0. The van der Waals surface area contributed by atoms with Crippen molar-refractivity contribution in [2.24, 2.45) is 0 Å². The third-order valence-corrected chi connectivity index (χ3v) is 4.19. The molecule has 16 heavy (non-hydrogen) atoms. The van der Waals surface area contributed by atoms with Gasteiger partial charge in [-0.2, -0.15) is 8.42 Å². The molecule has 2 rings (SSSR count). The Morgan fingerprint density at radius 3 is 2.88 bits per heavy atom. The molecule has 3 nitrogen and oxygen atoms in total. The fourth-order valence-corrected chi connectivity index (χ4v) is 3.08. The first-order chi connectivity index (χ1) is 7.48. The minimum absolute atomic E-state index is 0.257. The molecule has 1 unspecified atom stereocenters. The van der Waals surface area contributed by atoms with Crippen molar-refractivity contribution >= 4 is 26.2 Å². The molecular weight excluding hydrogens is 299 g/mol. The molecule has 1 atom stereocenters. The highest BCUT2D eigenvalue weighted by molar-refractivity contribution is 9.10. The lowest BCUT2D eigenvalue weighted by molar-refractivity contribution is 0.316. The average Bonchev–Trinajstić information content (AvgIpc) is 2.38. The van der Waals surface area contributed by atoms with Crippen LogP contribution < -0.4 is 4.74 Å². The van der Waals surface area contributed by atoms with E-state index >= 15 is 0 Å². The molecule has 1 aromatic rings. The number of ether oxygens (including phenoxy) is 1. The summed E-state index contributed by atoms with van der Waals surface area (Å²) in [6.45, 7) is 0.412. The Labute approximate surface area is 102 Å². The van der Waals surface area contributed by atoms with E-state index in [9.17, 15) is 12.3 Å². The van der Waals surface area contributed by atoms with Crippen LogP contribution in [0.15, 0.2) is 22.7 Å². The molecule has 0 aromatic heterocycles. The zero-order chi connectivity index (χ0) is 11.8. The summed E-state index contributed by atoms with van der Waals surface area (Å²) >= 11 is 3.26. The van der Waals surface area contributed by atoms with Gasteiger partial charge in [-0.25, -0.2) is 0 Å². The molecule has 0 amide bonds. The minimum Gasteiger partial charge on any atom is -0.493 e. The van der Waals surface area contributed by atoms with Crippen LogP contribution in [0.5, 0.6) is 5.75 Å². The Morgan fingerprint density at radius 1 is 1.44 bits per heavy atom. The molecule has 0 spiro atoms. The van der Waals surface area contributed by atoms with E-state index in [0.29, 0.717) is 24.3 Å². The van der Waals surface area contributed by atoms with Crippen molar-refractivity contribution in [3.63, 3.8) is 0 Å². The maximum absolute atomic E-state index is 13.1. The van der Waals surface area contributed by atoms with Crippen molar-refractivity contribution in [1.82, 2.24) is 0 Å². The van der Waals surface area contributed by atoms with Crippen LogP contribution >= 0.6 is 15.9 Å². The number of hydrogen-bond acceptors (Lipinski definition) is 3. The lowest BCUT2D eigenvalue weighted by atomic mass is 10.1. The molecule has 0 bridgehead atoms. The molecule has 0 saturated heterocycles. The molecule has 1 heterocycles. The SMILES string of the molecule is O=S(=O)(F)C1CCCOc2cc(Br)ccc21. The van der Waals surface area contributed by atoms with Crippen LogP contribution in [0.3, 0.4) is 0 Å². The quantitative estimate of drug-likeness (QED) is 0.749. The fraction of sp³-hybridized carbons (Fsp3) is 0.400. The predicted octanol–water partition coefficient (Wildman–Crippen LogP) is 2.96. The summed E-state index contributed by atoms with van der Waals surface area (Å²) < 4.78 is 41.4. The van der Waals surface area contributed by atoms with Gasteiger partial charge in [0.1, 0.15) is 11.0 Å². The molecule has 88 valence electrons. The van der Waals surface area contributed by atoms with Gasteiger partial charge in [0.25, 0.3) is 0 Å². The summed E-state index contributed by atoms with van der Waals surface area (Å²) in [7, 11) is -4.57. The van der Waals surface area contributed by atoms with Gasteiger partial charge in [0, 0.05) is 10.0 Å². The standard InChI is InChI=1S/C10H10BrFO3S/c11-7-3-4-8-9(6-7)15-5-1-2-10(8)16(12,13)14/h3-4,6,10H,1-2,5H2. The smallest absolute Gasteiger partial charge is 0.309 e. The Balaban J connectivity index is 2.53. The van der Waals surface area contributed by atoms with Crippen LogP contribution in [-0.4, -0.2) is 15.0 Å². The lowest BCUT2D eigenvalue weighted by Gasteiger charge is -2.12. The van der Waals surface area contributed by atoms with Crippen LogP contribution in [0.25, 0.3) is 0 Å². The number of rotatable bonds is 1. The van der Waals surface area contributed by atoms with E-state index in [1.165, 1.54) is 0 Å². The number of halogens is 2. The Hall–Kier alpha value is -0.620. The van der Waals surface area contributed by atoms with Crippen molar-refractivity contribution in [3.8, 4) is 5.75 Å². The molecule has 0 fully saturated rings. The second-order valence-electron chi connectivity index (χ2n) is 3.64. The Morgan fingerprint density at radius 2 is 2.19 bits per heavy atom. The highest BCUT2D eigenvalue weighted by Gasteiger charge is 2.31. The van der Waals surface area contributed by atoms with Crippen molar-refractivity contribution < 1.29 is 17.0 Å². The van der Waals surface area contributed by atoms with Gasteiger partial charge in [-0.05, 0) is 25.0 Å². The summed E-state index contributed by atoms with van der Waals surface area (Å²) in [6, 6.07) is 4.94. The normalized spacial score (nSPS) is 20.8. The maximum atomic E-state index is 13.1. The van der Waals surface area contributed by atoms with Gasteiger partial charge >= 0.3 is 10.2 Å². The minimum atomic E-state index is -4.57. The molecule has 0 saturated carbocycles. The van der Waals surface area contributed by atoms with Gasteiger partial charge in [0.15, 0.2) is 0 Å². The Bertz CT molecular complexity index is 501. The number of benzene rings is 1. The van der Waals surface area contributed by atoms with E-state index in [2.05, 4.69) is 15.9 Å². The zero-order valence-electron chi connectivity index (χ0n) is 8.32. The molecule has 1 aromatic carbocycles. The predicted molar refractivity (Wildman–Crippen MR) is 61.6 cm³/mol. The highest BCUT2D eigenvalue weighted by Crippen LogP contribution is 2.38. The Kier molecular flexibility index (Phi) is 3.21. The van der Waals surface area contributed by atoms with Gasteiger partial charge in [-0.1, -0.05) is 22.0 Å². The summed E-state index contributed by atoms with van der Waals surface area (Å²) in [6.07, 6.45) is 0.785. The highest BCUT2D eigenvalue weighted by atomic mass is 79.9. The van der Waals surface area contributed by atoms with Crippen molar-refractivity contribution in [1.29, 1.82) is 0 Å². The van der Waals surface area contributed by atoms with E-state index in [4.69, 9.17) is 4.74 Å². The van der Waals surface area contributed by atoms with Crippen molar-refractivity contribution in [2.45, 2.75) is 18.1 Å². The van der Waals surface area contributed by atoms with Crippen LogP contribution in [0.2, 0.25) is 0 Å². The van der Waals surface area contributed by atoms with Crippen molar-refractivity contribution in [2.75, 3.05) is 6.61 Å². The van der Waals surface area contributed by atoms with E-state index in [0.717, 1.165) is 4.47 Å². The van der Waals surface area contributed by atoms with Gasteiger partial charge in [-0.3, -0.25) is 0 Å². The van der Waals surface area contributed by atoms with Crippen LogP contribution in [0, 0.1) is 0 Å². The molecule has 1 aliphatic rings. The van der Waals surface area contributed by atoms with Gasteiger partial charge in [0.2, 0.25) is 0 Å². The zero-order valence-corrected chi connectivity index (χ0v) is 10.7. The summed E-state index contributed by atoms with van der Waals surface area (Å²) in [5.41, 5.74) is 0.406. The second-order valence-corrected chi connectivity index (χ2v) is 6.07. The van der Waals surface area contributed by atoms with Gasteiger partial charge in [0.05, 0.1) is 6.61 Å². The molecule has 0 aliphatic carbocycles. The van der Waals surface area contributed by atoms with Crippen LogP contribution in [-0.2, 0) is 10.2 Å². The maximum Gasteiger partial charge on any atom is 0.309 e.